The summed E-state index contributed by atoms with van der Waals surface area (Å²) in [5.41, 5.74) is 1.26. The van der Waals surface area contributed by atoms with E-state index < -0.39 is 11.4 Å². The van der Waals surface area contributed by atoms with Gasteiger partial charge in [0.1, 0.15) is 5.75 Å². The second-order valence-corrected chi connectivity index (χ2v) is 6.20. The number of methoxy groups -OCH3 is 1. The van der Waals surface area contributed by atoms with E-state index >= 15 is 0 Å². The minimum Gasteiger partial charge on any atom is -0.497 e. The van der Waals surface area contributed by atoms with E-state index in [0.717, 1.165) is 17.7 Å². The molecule has 1 aliphatic rings. The fourth-order valence-corrected chi connectivity index (χ4v) is 2.89. The zero-order valence-corrected chi connectivity index (χ0v) is 12.6. The molecule has 2 rings (SSSR count). The Morgan fingerprint density at radius 2 is 1.85 bits per heavy atom. The van der Waals surface area contributed by atoms with E-state index in [0.29, 0.717) is 6.42 Å². The molecule has 0 unspecified atom stereocenters. The van der Waals surface area contributed by atoms with Gasteiger partial charge in [0.05, 0.1) is 12.5 Å². The first-order valence-corrected chi connectivity index (χ1v) is 6.90. The third-order valence-electron chi connectivity index (χ3n) is 5.01. The fourth-order valence-electron chi connectivity index (χ4n) is 2.89. The van der Waals surface area contributed by atoms with Gasteiger partial charge in [0, 0.05) is 5.41 Å². The molecule has 0 radical (unpaired) electrons. The van der Waals surface area contributed by atoms with Crippen molar-refractivity contribution in [3.05, 3.63) is 35.4 Å². The van der Waals surface area contributed by atoms with E-state index in [1.54, 1.807) is 7.11 Å². The van der Waals surface area contributed by atoms with Crippen LogP contribution in [-0.4, -0.2) is 18.2 Å². The Balaban J connectivity index is 2.33. The average Bonchev–Trinajstić information content (AvgIpc) is 2.64. The van der Waals surface area contributed by atoms with Crippen LogP contribution in [0.4, 0.5) is 0 Å². The van der Waals surface area contributed by atoms with E-state index in [-0.39, 0.29) is 5.41 Å². The van der Waals surface area contributed by atoms with Crippen molar-refractivity contribution in [2.75, 3.05) is 7.11 Å². The maximum Gasteiger partial charge on any atom is 0.310 e. The molecule has 3 heteroatoms. The highest BCUT2D eigenvalue weighted by molar-refractivity contribution is 5.78. The van der Waals surface area contributed by atoms with Crippen LogP contribution >= 0.6 is 0 Å². The molecular formula is C17H22O3. The van der Waals surface area contributed by atoms with Crippen molar-refractivity contribution in [2.24, 2.45) is 10.8 Å². The smallest absolute Gasteiger partial charge is 0.310 e. The first kappa shape index (κ1) is 14.6. The molecule has 0 saturated heterocycles. The monoisotopic (exact) mass is 274 g/mol. The molecule has 20 heavy (non-hydrogen) atoms. The number of rotatable bonds is 3. The maximum absolute atomic E-state index is 11.6. The van der Waals surface area contributed by atoms with Gasteiger partial charge in [-0.1, -0.05) is 37.6 Å². The third-order valence-corrected chi connectivity index (χ3v) is 5.01. The largest absolute Gasteiger partial charge is 0.497 e. The second-order valence-electron chi connectivity index (χ2n) is 6.20. The molecule has 1 atom stereocenters. The lowest BCUT2D eigenvalue weighted by molar-refractivity contribution is -0.152. The van der Waals surface area contributed by atoms with Crippen LogP contribution in [0.1, 0.15) is 39.2 Å². The lowest BCUT2D eigenvalue weighted by Crippen LogP contribution is -2.38. The highest BCUT2D eigenvalue weighted by Gasteiger charge is 2.53. The molecule has 0 spiro atoms. The standard InChI is InChI=1S/C17H22O3/c1-16(2)13(9-10-17(16,3)15(18)19)11-12-5-7-14(20-4)8-6-12/h5-8,11H,9-10H2,1-4H3,(H,18,19)/b13-11-/t17-/m1/s1. The van der Waals surface area contributed by atoms with Crippen molar-refractivity contribution in [1.82, 2.24) is 0 Å². The quantitative estimate of drug-likeness (QED) is 0.906. The van der Waals surface area contributed by atoms with Gasteiger partial charge in [-0.25, -0.2) is 0 Å². The molecular weight excluding hydrogens is 252 g/mol. The number of carboxylic acid groups (broad SMARTS) is 1. The molecule has 1 N–H and O–H groups in total. The van der Waals surface area contributed by atoms with Crippen LogP contribution in [0.25, 0.3) is 6.08 Å². The van der Waals surface area contributed by atoms with Gasteiger partial charge in [-0.2, -0.15) is 0 Å². The minimum absolute atomic E-state index is 0.335. The number of allylic oxidation sites excluding steroid dienone is 1. The Morgan fingerprint density at radius 1 is 1.25 bits per heavy atom. The maximum atomic E-state index is 11.6. The van der Waals surface area contributed by atoms with Gasteiger partial charge in [-0.15, -0.1) is 0 Å². The van der Waals surface area contributed by atoms with Crippen LogP contribution in [-0.2, 0) is 4.79 Å². The highest BCUT2D eigenvalue weighted by atomic mass is 16.5. The highest BCUT2D eigenvalue weighted by Crippen LogP contribution is 2.56. The first-order valence-electron chi connectivity index (χ1n) is 6.90. The van der Waals surface area contributed by atoms with Crippen LogP contribution in [0.2, 0.25) is 0 Å². The molecule has 1 aliphatic carbocycles. The zero-order chi connectivity index (χ0) is 15.0. The third kappa shape index (κ3) is 2.21. The van der Waals surface area contributed by atoms with Crippen molar-refractivity contribution < 1.29 is 14.6 Å². The number of carbonyl (C=O) groups is 1. The summed E-state index contributed by atoms with van der Waals surface area (Å²) in [6, 6.07) is 7.84. The van der Waals surface area contributed by atoms with Crippen molar-refractivity contribution in [3.8, 4) is 5.75 Å². The molecule has 0 aliphatic heterocycles. The van der Waals surface area contributed by atoms with Gasteiger partial charge >= 0.3 is 5.97 Å². The van der Waals surface area contributed by atoms with Crippen LogP contribution in [0, 0.1) is 10.8 Å². The van der Waals surface area contributed by atoms with Gasteiger partial charge in [0.2, 0.25) is 0 Å². The second kappa shape index (κ2) is 4.97. The van der Waals surface area contributed by atoms with Gasteiger partial charge < -0.3 is 9.84 Å². The number of benzene rings is 1. The number of hydrogen-bond acceptors (Lipinski definition) is 2. The van der Waals surface area contributed by atoms with Gasteiger partial charge in [0.15, 0.2) is 0 Å². The minimum atomic E-state index is -0.708. The molecule has 0 heterocycles. The molecule has 1 aromatic rings. The summed E-state index contributed by atoms with van der Waals surface area (Å²) in [6.45, 7) is 5.91. The molecule has 0 bridgehead atoms. The predicted molar refractivity (Wildman–Crippen MR) is 79.7 cm³/mol. The summed E-state index contributed by atoms with van der Waals surface area (Å²) in [5, 5.41) is 9.52. The Bertz CT molecular complexity index is 540. The number of carboxylic acids is 1. The molecule has 108 valence electrons. The van der Waals surface area contributed by atoms with Crippen LogP contribution in [0.15, 0.2) is 29.8 Å². The predicted octanol–water partition coefficient (Wildman–Crippen LogP) is 3.99. The van der Waals surface area contributed by atoms with Crippen LogP contribution in [0.5, 0.6) is 5.75 Å². The molecule has 0 amide bonds. The topological polar surface area (TPSA) is 46.5 Å². The van der Waals surface area contributed by atoms with Gasteiger partial charge in [-0.05, 0) is 37.5 Å². The lowest BCUT2D eigenvalue weighted by atomic mass is 9.67. The normalized spacial score (nSPS) is 26.7. The van der Waals surface area contributed by atoms with Crippen molar-refractivity contribution in [1.29, 1.82) is 0 Å². The van der Waals surface area contributed by atoms with E-state index in [4.69, 9.17) is 4.74 Å². The van der Waals surface area contributed by atoms with Gasteiger partial charge in [-0.3, -0.25) is 4.79 Å². The summed E-state index contributed by atoms with van der Waals surface area (Å²) < 4.78 is 5.15. The summed E-state index contributed by atoms with van der Waals surface area (Å²) in [7, 11) is 1.64. The van der Waals surface area contributed by atoms with Crippen LogP contribution < -0.4 is 4.74 Å². The van der Waals surface area contributed by atoms with E-state index in [1.165, 1.54) is 5.57 Å². The SMILES string of the molecule is COc1ccc(/C=C2/CC[C@](C)(C(=O)O)C2(C)C)cc1. The van der Waals surface area contributed by atoms with Crippen molar-refractivity contribution in [3.63, 3.8) is 0 Å². The van der Waals surface area contributed by atoms with E-state index in [9.17, 15) is 9.90 Å². The molecule has 3 nitrogen and oxygen atoms in total. The number of hydrogen-bond donors (Lipinski definition) is 1. The molecule has 0 aromatic heterocycles. The molecule has 1 fully saturated rings. The molecule has 1 aromatic carbocycles. The Morgan fingerprint density at radius 3 is 2.30 bits per heavy atom. The Hall–Kier alpha value is -1.77. The summed E-state index contributed by atoms with van der Waals surface area (Å²) >= 11 is 0. The van der Waals surface area contributed by atoms with Crippen molar-refractivity contribution >= 4 is 12.0 Å². The first-order chi connectivity index (χ1) is 9.31. The summed E-state index contributed by atoms with van der Waals surface area (Å²) in [5.74, 6) is 0.119. The molecule has 1 saturated carbocycles. The lowest BCUT2D eigenvalue weighted by Gasteiger charge is -2.35. The van der Waals surface area contributed by atoms with Crippen LogP contribution in [0.3, 0.4) is 0 Å². The van der Waals surface area contributed by atoms with Gasteiger partial charge in [0.25, 0.3) is 0 Å². The Kier molecular flexibility index (Phi) is 3.63. The van der Waals surface area contributed by atoms with Crippen molar-refractivity contribution in [2.45, 2.75) is 33.6 Å². The fraction of sp³-hybridized carbons (Fsp3) is 0.471. The Labute approximate surface area is 120 Å². The van der Waals surface area contributed by atoms with E-state index in [2.05, 4.69) is 6.08 Å². The number of aliphatic carboxylic acids is 1. The zero-order valence-electron chi connectivity index (χ0n) is 12.6. The summed E-state index contributed by atoms with van der Waals surface area (Å²) in [6.07, 6.45) is 3.65. The average molecular weight is 274 g/mol. The number of ether oxygens (including phenoxy) is 1. The van der Waals surface area contributed by atoms with E-state index in [1.807, 2.05) is 45.0 Å². The summed E-state index contributed by atoms with van der Waals surface area (Å²) in [4.78, 5) is 11.6.